The lowest BCUT2D eigenvalue weighted by atomic mass is 10.1. The molecule has 3 aromatic rings. The predicted molar refractivity (Wildman–Crippen MR) is 125 cm³/mol. The fourth-order valence-electron chi connectivity index (χ4n) is 3.61. The van der Waals surface area contributed by atoms with Gasteiger partial charge in [-0.15, -0.1) is 0 Å². The number of carbonyl (C=O) groups is 1. The van der Waals surface area contributed by atoms with Gasteiger partial charge in [0.1, 0.15) is 23.5 Å². The van der Waals surface area contributed by atoms with Crippen LogP contribution in [0.3, 0.4) is 0 Å². The molecule has 0 aromatic carbocycles. The van der Waals surface area contributed by atoms with Crippen molar-refractivity contribution in [1.82, 2.24) is 24.1 Å². The van der Waals surface area contributed by atoms with Crippen molar-refractivity contribution >= 4 is 29.0 Å². The third-order valence-corrected chi connectivity index (χ3v) is 5.65. The van der Waals surface area contributed by atoms with E-state index in [2.05, 4.69) is 20.4 Å². The molecule has 34 heavy (non-hydrogen) atoms. The molecule has 1 fully saturated rings. The number of carbonyl (C=O) groups excluding carboxylic acids is 1. The Hall–Kier alpha value is -3.02. The van der Waals surface area contributed by atoms with Gasteiger partial charge < -0.3 is 19.9 Å². The van der Waals surface area contributed by atoms with Gasteiger partial charge in [-0.25, -0.2) is 19.3 Å². The highest BCUT2D eigenvalue weighted by molar-refractivity contribution is 6.32. The van der Waals surface area contributed by atoms with E-state index in [4.69, 9.17) is 21.1 Å². The van der Waals surface area contributed by atoms with Gasteiger partial charge in [0.2, 0.25) is 5.95 Å². The summed E-state index contributed by atoms with van der Waals surface area (Å²) in [6.07, 6.45) is 4.31. The molecule has 3 atom stereocenters. The van der Waals surface area contributed by atoms with E-state index < -0.39 is 29.3 Å². The fourth-order valence-corrected chi connectivity index (χ4v) is 3.81. The topological polar surface area (TPSA) is 133 Å². The van der Waals surface area contributed by atoms with Gasteiger partial charge in [-0.2, -0.15) is 5.10 Å². The third-order valence-electron chi connectivity index (χ3n) is 5.38. The summed E-state index contributed by atoms with van der Waals surface area (Å²) in [6.45, 7) is 7.64. The second-order valence-electron chi connectivity index (χ2n) is 9.18. The molecule has 1 aliphatic rings. The van der Waals surface area contributed by atoms with Crippen molar-refractivity contribution in [2.24, 2.45) is 0 Å². The normalized spacial score (nSPS) is 19.7. The number of ether oxygens (including phenoxy) is 2. The lowest BCUT2D eigenvalue weighted by Gasteiger charge is -2.28. The Morgan fingerprint density at radius 1 is 1.41 bits per heavy atom. The summed E-state index contributed by atoms with van der Waals surface area (Å²) in [7, 11) is 0. The minimum atomic E-state index is -0.855. The first-order chi connectivity index (χ1) is 16.0. The number of esters is 1. The maximum absolute atomic E-state index is 13.1. The highest BCUT2D eigenvalue weighted by Crippen LogP contribution is 2.28. The van der Waals surface area contributed by atoms with Crippen molar-refractivity contribution in [2.75, 3.05) is 18.5 Å². The van der Waals surface area contributed by atoms with Crippen LogP contribution >= 0.6 is 11.6 Å². The molecule has 0 radical (unpaired) electrons. The lowest BCUT2D eigenvalue weighted by molar-refractivity contribution is -0.158. The minimum Gasteiger partial charge on any atom is -0.458 e. The number of fused-ring (bicyclic) bond motifs is 1. The van der Waals surface area contributed by atoms with Crippen molar-refractivity contribution in [2.45, 2.75) is 57.9 Å². The summed E-state index contributed by atoms with van der Waals surface area (Å²) in [5.74, 6) is -0.234. The van der Waals surface area contributed by atoms with Gasteiger partial charge in [-0.05, 0) is 40.2 Å². The second kappa shape index (κ2) is 9.32. The number of rotatable bonds is 5. The largest absolute Gasteiger partial charge is 0.458 e. The van der Waals surface area contributed by atoms with Crippen LogP contribution in [-0.4, -0.2) is 66.2 Å². The molecule has 4 heterocycles. The van der Waals surface area contributed by atoms with Gasteiger partial charge in [-0.1, -0.05) is 11.6 Å². The Labute approximate surface area is 200 Å². The maximum atomic E-state index is 13.1. The van der Waals surface area contributed by atoms with Crippen LogP contribution in [0.1, 0.15) is 40.2 Å². The summed E-state index contributed by atoms with van der Waals surface area (Å²) in [5, 5.41) is 17.8. The van der Waals surface area contributed by atoms with E-state index in [9.17, 15) is 14.7 Å². The molecule has 0 bridgehead atoms. The lowest BCUT2D eigenvalue weighted by Crippen LogP contribution is -2.42. The van der Waals surface area contributed by atoms with Crippen LogP contribution in [0, 0.1) is 0 Å². The van der Waals surface area contributed by atoms with Crippen LogP contribution in [0.4, 0.5) is 5.95 Å². The standard InChI is InChI=1S/C22H27ClN6O5/c1-12(20(32)34-22(2,3)4)28-11-25-29-9-13(7-16(29)19(28)31)18-14(23)8-24-21(27-18)26-15-5-6-33-10-17(15)30/h7-9,11-12,15,17,30H,5-6,10H2,1-4H3,(H,24,26,27)/t12?,15-,17-/m1/s1. The predicted octanol–water partition coefficient (Wildman–Crippen LogP) is 2.07. The van der Waals surface area contributed by atoms with Crippen LogP contribution in [0.5, 0.6) is 0 Å². The first-order valence-electron chi connectivity index (χ1n) is 10.9. The van der Waals surface area contributed by atoms with Gasteiger partial charge >= 0.3 is 5.97 Å². The summed E-state index contributed by atoms with van der Waals surface area (Å²) in [6, 6.07) is 0.501. The van der Waals surface area contributed by atoms with Crippen molar-refractivity contribution in [3.8, 4) is 11.3 Å². The monoisotopic (exact) mass is 490 g/mol. The second-order valence-corrected chi connectivity index (χ2v) is 9.59. The highest BCUT2D eigenvalue weighted by Gasteiger charge is 2.26. The van der Waals surface area contributed by atoms with Gasteiger partial charge in [0.25, 0.3) is 5.56 Å². The van der Waals surface area contributed by atoms with Crippen LogP contribution in [0.2, 0.25) is 5.02 Å². The van der Waals surface area contributed by atoms with Crippen molar-refractivity contribution in [3.63, 3.8) is 0 Å². The van der Waals surface area contributed by atoms with E-state index in [-0.39, 0.29) is 23.2 Å². The molecule has 3 aromatic heterocycles. The number of aliphatic hydroxyl groups excluding tert-OH is 1. The van der Waals surface area contributed by atoms with E-state index in [1.165, 1.54) is 21.6 Å². The molecule has 1 aliphatic heterocycles. The molecule has 0 aliphatic carbocycles. The summed E-state index contributed by atoms with van der Waals surface area (Å²) < 4.78 is 13.3. The zero-order valence-corrected chi connectivity index (χ0v) is 20.1. The Kier molecular flexibility index (Phi) is 6.61. The Morgan fingerprint density at radius 2 is 2.18 bits per heavy atom. The molecule has 12 heteroatoms. The van der Waals surface area contributed by atoms with E-state index >= 15 is 0 Å². The smallest absolute Gasteiger partial charge is 0.329 e. The van der Waals surface area contributed by atoms with Gasteiger partial charge in [0, 0.05) is 18.4 Å². The zero-order chi connectivity index (χ0) is 24.6. The quantitative estimate of drug-likeness (QED) is 0.515. The van der Waals surface area contributed by atoms with E-state index in [1.54, 1.807) is 40.0 Å². The average Bonchev–Trinajstić information content (AvgIpc) is 3.20. The fraction of sp³-hybridized carbons (Fsp3) is 0.500. The van der Waals surface area contributed by atoms with Crippen LogP contribution < -0.4 is 10.9 Å². The number of nitrogens with zero attached hydrogens (tertiary/aromatic N) is 5. The SMILES string of the molecule is CC(C(=O)OC(C)(C)C)n1cnn2cc(-c3nc(N[C@@H]4CCOC[C@H]4O)ncc3Cl)cc2c1=O. The number of nitrogens with one attached hydrogen (secondary N) is 1. The molecule has 0 amide bonds. The van der Waals surface area contributed by atoms with Gasteiger partial charge in [-0.3, -0.25) is 9.36 Å². The minimum absolute atomic E-state index is 0.239. The van der Waals surface area contributed by atoms with Gasteiger partial charge in [0.05, 0.1) is 35.7 Å². The van der Waals surface area contributed by atoms with Crippen molar-refractivity contribution < 1.29 is 19.4 Å². The Bertz CT molecular complexity index is 1270. The molecular weight excluding hydrogens is 464 g/mol. The van der Waals surface area contributed by atoms with Crippen LogP contribution in [0.25, 0.3) is 16.8 Å². The van der Waals surface area contributed by atoms with Crippen LogP contribution in [0.15, 0.2) is 29.6 Å². The van der Waals surface area contributed by atoms with E-state index in [0.29, 0.717) is 30.2 Å². The molecule has 11 nitrogen and oxygen atoms in total. The molecule has 182 valence electrons. The Balaban J connectivity index is 1.65. The van der Waals surface area contributed by atoms with Crippen molar-refractivity contribution in [1.29, 1.82) is 0 Å². The number of halogens is 1. The summed E-state index contributed by atoms with van der Waals surface area (Å²) in [5.41, 5.74) is 0.114. The zero-order valence-electron chi connectivity index (χ0n) is 19.4. The van der Waals surface area contributed by atoms with Gasteiger partial charge in [0.15, 0.2) is 0 Å². The van der Waals surface area contributed by atoms with E-state index in [1.807, 2.05) is 0 Å². The Morgan fingerprint density at radius 3 is 2.88 bits per heavy atom. The molecule has 4 rings (SSSR count). The molecule has 0 spiro atoms. The highest BCUT2D eigenvalue weighted by atomic mass is 35.5. The number of hydrogen-bond donors (Lipinski definition) is 2. The average molecular weight is 491 g/mol. The molecule has 1 unspecified atom stereocenters. The van der Waals surface area contributed by atoms with Crippen LogP contribution in [-0.2, 0) is 14.3 Å². The summed E-state index contributed by atoms with van der Waals surface area (Å²) >= 11 is 6.36. The maximum Gasteiger partial charge on any atom is 0.329 e. The number of hydrogen-bond acceptors (Lipinski definition) is 9. The molecular formula is C22H27ClN6O5. The molecule has 1 saturated heterocycles. The molecule has 2 N–H and O–H groups in total. The summed E-state index contributed by atoms with van der Waals surface area (Å²) in [4.78, 5) is 34.3. The number of aliphatic hydroxyl groups is 1. The first-order valence-corrected chi connectivity index (χ1v) is 11.3. The molecule has 0 saturated carbocycles. The third kappa shape index (κ3) is 5.06. The van der Waals surface area contributed by atoms with Crippen molar-refractivity contribution in [3.05, 3.63) is 40.2 Å². The number of aromatic nitrogens is 5. The number of anilines is 1. The first kappa shape index (κ1) is 24.1. The van der Waals surface area contributed by atoms with E-state index in [0.717, 1.165) is 0 Å².